The van der Waals surface area contributed by atoms with E-state index in [1.54, 1.807) is 0 Å². The molecule has 1 aliphatic heterocycles. The van der Waals surface area contributed by atoms with Gasteiger partial charge < -0.3 is 5.73 Å². The summed E-state index contributed by atoms with van der Waals surface area (Å²) >= 11 is 3.60. The van der Waals surface area contributed by atoms with Crippen molar-refractivity contribution in [3.8, 4) is 0 Å². The summed E-state index contributed by atoms with van der Waals surface area (Å²) in [7, 11) is 0. The lowest BCUT2D eigenvalue weighted by Gasteiger charge is -2.27. The average Bonchev–Trinajstić information content (AvgIpc) is 2.84. The summed E-state index contributed by atoms with van der Waals surface area (Å²) < 4.78 is 1.15. The molecule has 2 aliphatic rings. The van der Waals surface area contributed by atoms with E-state index in [4.69, 9.17) is 5.73 Å². The zero-order valence-corrected chi connectivity index (χ0v) is 10.9. The van der Waals surface area contributed by atoms with Crippen LogP contribution in [0.2, 0.25) is 0 Å². The lowest BCUT2D eigenvalue weighted by Crippen LogP contribution is -2.31. The summed E-state index contributed by atoms with van der Waals surface area (Å²) in [6.45, 7) is 2.36. The number of halogens is 1. The van der Waals surface area contributed by atoms with E-state index >= 15 is 0 Å². The number of piperidine rings is 1. The second-order valence-corrected chi connectivity index (χ2v) is 5.97. The molecule has 0 aromatic heterocycles. The minimum atomic E-state index is 0.832. The van der Waals surface area contributed by atoms with Gasteiger partial charge in [-0.1, -0.05) is 22.0 Å². The minimum Gasteiger partial charge on any atom is -0.399 e. The molecule has 0 spiro atoms. The Bertz CT molecular complexity index is 405. The highest BCUT2D eigenvalue weighted by Gasteiger charge is 2.37. The predicted octanol–water partition coefficient (Wildman–Crippen LogP) is 3.02. The maximum atomic E-state index is 5.75. The second kappa shape index (κ2) is 4.04. The molecule has 3 heteroatoms. The van der Waals surface area contributed by atoms with E-state index in [1.807, 2.05) is 12.1 Å². The highest BCUT2D eigenvalue weighted by molar-refractivity contribution is 9.10. The maximum Gasteiger partial charge on any atom is 0.0325 e. The molecular weight excluding hydrogens is 264 g/mol. The molecule has 1 aromatic carbocycles. The molecule has 16 heavy (non-hydrogen) atoms. The molecule has 1 saturated heterocycles. The molecule has 2 unspecified atom stereocenters. The third-order valence-electron chi connectivity index (χ3n) is 3.97. The van der Waals surface area contributed by atoms with Crippen LogP contribution in [0.15, 0.2) is 22.7 Å². The van der Waals surface area contributed by atoms with Crippen LogP contribution in [0.3, 0.4) is 0 Å². The first-order valence-corrected chi connectivity index (χ1v) is 6.79. The zero-order chi connectivity index (χ0) is 11.1. The molecule has 1 aromatic rings. The number of likely N-dealkylation sites (tertiary alicyclic amines) is 1. The topological polar surface area (TPSA) is 29.3 Å². The van der Waals surface area contributed by atoms with Crippen LogP contribution in [0.5, 0.6) is 0 Å². The monoisotopic (exact) mass is 280 g/mol. The average molecular weight is 281 g/mol. The van der Waals surface area contributed by atoms with Crippen molar-refractivity contribution in [2.24, 2.45) is 5.92 Å². The fourth-order valence-corrected chi connectivity index (χ4v) is 3.65. The fourth-order valence-electron chi connectivity index (χ4n) is 3.13. The molecule has 2 N–H and O–H groups in total. The number of nitrogen functional groups attached to an aromatic ring is 1. The van der Waals surface area contributed by atoms with Gasteiger partial charge in [0.2, 0.25) is 0 Å². The van der Waals surface area contributed by atoms with Crippen LogP contribution in [0.1, 0.15) is 24.8 Å². The van der Waals surface area contributed by atoms with E-state index in [-0.39, 0.29) is 0 Å². The Morgan fingerprint density at radius 3 is 2.88 bits per heavy atom. The summed E-state index contributed by atoms with van der Waals surface area (Å²) in [4.78, 5) is 2.63. The second-order valence-electron chi connectivity index (χ2n) is 5.11. The minimum absolute atomic E-state index is 0.832. The molecule has 3 rings (SSSR count). The Morgan fingerprint density at radius 2 is 2.25 bits per heavy atom. The van der Waals surface area contributed by atoms with Crippen LogP contribution in [-0.2, 0) is 6.54 Å². The smallest absolute Gasteiger partial charge is 0.0325 e. The summed E-state index contributed by atoms with van der Waals surface area (Å²) in [5.74, 6) is 0.970. The van der Waals surface area contributed by atoms with Gasteiger partial charge in [0, 0.05) is 29.3 Å². The van der Waals surface area contributed by atoms with Crippen molar-refractivity contribution in [3.63, 3.8) is 0 Å². The first-order chi connectivity index (χ1) is 7.72. The quantitative estimate of drug-likeness (QED) is 0.844. The van der Waals surface area contributed by atoms with Gasteiger partial charge in [-0.3, -0.25) is 4.90 Å². The largest absolute Gasteiger partial charge is 0.399 e. The highest BCUT2D eigenvalue weighted by atomic mass is 79.9. The number of hydrogen-bond acceptors (Lipinski definition) is 2. The molecule has 2 atom stereocenters. The Kier molecular flexibility index (Phi) is 2.68. The van der Waals surface area contributed by atoms with E-state index in [9.17, 15) is 0 Å². The number of anilines is 1. The van der Waals surface area contributed by atoms with Crippen LogP contribution in [0.4, 0.5) is 5.69 Å². The highest BCUT2D eigenvalue weighted by Crippen LogP contribution is 2.38. The van der Waals surface area contributed by atoms with Gasteiger partial charge in [0.25, 0.3) is 0 Å². The molecule has 2 fully saturated rings. The molecule has 2 bridgehead atoms. The van der Waals surface area contributed by atoms with E-state index in [0.717, 1.165) is 28.7 Å². The van der Waals surface area contributed by atoms with E-state index in [0.29, 0.717) is 0 Å². The fraction of sp³-hybridized carbons (Fsp3) is 0.538. The van der Waals surface area contributed by atoms with Crippen molar-refractivity contribution < 1.29 is 0 Å². The SMILES string of the molecule is Nc1ccc(CN2CC3CCC2C3)c(Br)c1. The van der Waals surface area contributed by atoms with Gasteiger partial charge in [-0.15, -0.1) is 0 Å². The number of hydrogen-bond donors (Lipinski definition) is 1. The zero-order valence-electron chi connectivity index (χ0n) is 9.32. The van der Waals surface area contributed by atoms with Gasteiger partial charge in [-0.2, -0.15) is 0 Å². The van der Waals surface area contributed by atoms with Crippen molar-refractivity contribution in [3.05, 3.63) is 28.2 Å². The Labute approximate surface area is 105 Å². The van der Waals surface area contributed by atoms with Crippen molar-refractivity contribution in [1.82, 2.24) is 4.90 Å². The predicted molar refractivity (Wildman–Crippen MR) is 70.1 cm³/mol. The third-order valence-corrected chi connectivity index (χ3v) is 4.71. The van der Waals surface area contributed by atoms with Crippen LogP contribution < -0.4 is 5.73 Å². The number of nitrogens with two attached hydrogens (primary N) is 1. The van der Waals surface area contributed by atoms with Crippen molar-refractivity contribution in [2.45, 2.75) is 31.8 Å². The van der Waals surface area contributed by atoms with Gasteiger partial charge in [-0.05, 0) is 42.9 Å². The van der Waals surface area contributed by atoms with Crippen molar-refractivity contribution >= 4 is 21.6 Å². The normalized spacial score (nSPS) is 28.8. The van der Waals surface area contributed by atoms with Crippen LogP contribution >= 0.6 is 15.9 Å². The summed E-state index contributed by atoms with van der Waals surface area (Å²) in [5.41, 5.74) is 7.95. The van der Waals surface area contributed by atoms with E-state index in [2.05, 4.69) is 26.9 Å². The summed E-state index contributed by atoms with van der Waals surface area (Å²) in [6, 6.07) is 6.98. The van der Waals surface area contributed by atoms with Crippen molar-refractivity contribution in [2.75, 3.05) is 12.3 Å². The van der Waals surface area contributed by atoms with E-state index < -0.39 is 0 Å². The molecule has 1 heterocycles. The van der Waals surface area contributed by atoms with Gasteiger partial charge >= 0.3 is 0 Å². The van der Waals surface area contributed by atoms with E-state index in [1.165, 1.54) is 31.4 Å². The van der Waals surface area contributed by atoms with Crippen LogP contribution in [0.25, 0.3) is 0 Å². The van der Waals surface area contributed by atoms with Gasteiger partial charge in [0.05, 0.1) is 0 Å². The Balaban J connectivity index is 1.74. The first kappa shape index (κ1) is 10.6. The van der Waals surface area contributed by atoms with Gasteiger partial charge in [0.15, 0.2) is 0 Å². The molecule has 0 radical (unpaired) electrons. The Hall–Kier alpha value is -0.540. The molecule has 86 valence electrons. The van der Waals surface area contributed by atoms with Crippen LogP contribution in [-0.4, -0.2) is 17.5 Å². The van der Waals surface area contributed by atoms with Crippen LogP contribution in [0, 0.1) is 5.92 Å². The third kappa shape index (κ3) is 1.87. The Morgan fingerprint density at radius 1 is 1.38 bits per heavy atom. The number of benzene rings is 1. The molecule has 1 saturated carbocycles. The standard InChI is InChI=1S/C13H17BrN2/c14-13-6-11(15)3-2-10(13)8-16-7-9-1-4-12(16)5-9/h2-3,6,9,12H,1,4-5,7-8,15H2. The molecule has 1 aliphatic carbocycles. The number of nitrogens with zero attached hydrogens (tertiary/aromatic N) is 1. The summed E-state index contributed by atoms with van der Waals surface area (Å²) in [5, 5.41) is 0. The van der Waals surface area contributed by atoms with Gasteiger partial charge in [0.1, 0.15) is 0 Å². The summed E-state index contributed by atoms with van der Waals surface area (Å²) in [6.07, 6.45) is 4.27. The lowest BCUT2D eigenvalue weighted by atomic mass is 10.1. The van der Waals surface area contributed by atoms with Gasteiger partial charge in [-0.25, -0.2) is 0 Å². The number of rotatable bonds is 2. The lowest BCUT2D eigenvalue weighted by molar-refractivity contribution is 0.205. The molecular formula is C13H17BrN2. The molecule has 0 amide bonds. The first-order valence-electron chi connectivity index (χ1n) is 6.00. The molecule has 2 nitrogen and oxygen atoms in total. The number of fused-ring (bicyclic) bond motifs is 2. The maximum absolute atomic E-state index is 5.75. The van der Waals surface area contributed by atoms with Crippen molar-refractivity contribution in [1.29, 1.82) is 0 Å².